The molecule has 4 heterocycles. The first-order chi connectivity index (χ1) is 13.2. The highest BCUT2D eigenvalue weighted by Crippen LogP contribution is 2.28. The van der Waals surface area contributed by atoms with Crippen molar-refractivity contribution >= 4 is 11.7 Å². The van der Waals surface area contributed by atoms with E-state index in [0.29, 0.717) is 18.1 Å². The molecule has 0 unspecified atom stereocenters. The number of hydrogen-bond acceptors (Lipinski definition) is 6. The maximum absolute atomic E-state index is 12.9. The second-order valence-corrected chi connectivity index (χ2v) is 7.64. The number of aryl methyl sites for hydroxylation is 3. The van der Waals surface area contributed by atoms with E-state index in [1.54, 1.807) is 15.8 Å². The summed E-state index contributed by atoms with van der Waals surface area (Å²) in [6.45, 7) is 3.00. The van der Waals surface area contributed by atoms with Gasteiger partial charge in [0.1, 0.15) is 5.56 Å². The summed E-state index contributed by atoms with van der Waals surface area (Å²) >= 11 is 0. The predicted octanol–water partition coefficient (Wildman–Crippen LogP) is 1.30. The van der Waals surface area contributed by atoms with Crippen molar-refractivity contribution in [3.8, 4) is 5.88 Å². The minimum Gasteiger partial charge on any atom is -0.477 e. The smallest absolute Gasteiger partial charge is 0.261 e. The summed E-state index contributed by atoms with van der Waals surface area (Å²) in [5, 5.41) is 13.1. The van der Waals surface area contributed by atoms with Crippen LogP contribution in [-0.2, 0) is 19.4 Å². The Bertz CT molecular complexity index is 873. The van der Waals surface area contributed by atoms with E-state index in [1.807, 2.05) is 7.05 Å². The van der Waals surface area contributed by atoms with Crippen LogP contribution in [0.4, 0.5) is 5.82 Å². The number of likely N-dealkylation sites (N-methyl/N-ethyl adjacent to an activating group) is 1. The van der Waals surface area contributed by atoms with Crippen molar-refractivity contribution in [1.29, 1.82) is 0 Å². The Labute approximate surface area is 158 Å². The quantitative estimate of drug-likeness (QED) is 0.813. The first-order valence-electron chi connectivity index (χ1n) is 9.77. The molecule has 0 radical (unpaired) electrons. The number of carbonyl (C=O) groups is 1. The summed E-state index contributed by atoms with van der Waals surface area (Å²) in [4.78, 5) is 16.9. The molecule has 2 aliphatic heterocycles. The van der Waals surface area contributed by atoms with Gasteiger partial charge in [-0.05, 0) is 37.3 Å². The lowest BCUT2D eigenvalue weighted by Gasteiger charge is -2.44. The van der Waals surface area contributed by atoms with Gasteiger partial charge in [-0.15, -0.1) is 5.10 Å². The average molecular weight is 368 g/mol. The van der Waals surface area contributed by atoms with Gasteiger partial charge in [-0.1, -0.05) is 0 Å². The molecule has 2 aromatic heterocycles. The zero-order valence-electron chi connectivity index (χ0n) is 15.6. The summed E-state index contributed by atoms with van der Waals surface area (Å²) in [6.07, 6.45) is 7.14. The van der Waals surface area contributed by atoms with E-state index in [9.17, 15) is 4.79 Å². The number of aromatic nitrogens is 4. The van der Waals surface area contributed by atoms with E-state index in [0.717, 1.165) is 50.4 Å². The molecule has 1 saturated heterocycles. The fourth-order valence-electron chi connectivity index (χ4n) is 4.09. The summed E-state index contributed by atoms with van der Waals surface area (Å²) in [5.41, 5.74) is 3.05. The molecule has 0 aromatic carbocycles. The minimum atomic E-state index is -0.0284. The number of rotatable bonds is 3. The van der Waals surface area contributed by atoms with E-state index in [-0.39, 0.29) is 11.9 Å². The highest BCUT2D eigenvalue weighted by molar-refractivity contribution is 5.96. The Morgan fingerprint density at radius 3 is 2.96 bits per heavy atom. The van der Waals surface area contributed by atoms with Crippen molar-refractivity contribution in [3.63, 3.8) is 0 Å². The number of ether oxygens (including phenoxy) is 1. The zero-order chi connectivity index (χ0) is 18.4. The van der Waals surface area contributed by atoms with Crippen molar-refractivity contribution in [1.82, 2.24) is 24.9 Å². The molecule has 0 spiro atoms. The van der Waals surface area contributed by atoms with Crippen molar-refractivity contribution in [2.24, 2.45) is 0 Å². The second-order valence-electron chi connectivity index (χ2n) is 7.64. The third-order valence-corrected chi connectivity index (χ3v) is 5.89. The van der Waals surface area contributed by atoms with E-state index < -0.39 is 0 Å². The molecule has 0 bridgehead atoms. The molecule has 1 aliphatic carbocycles. The van der Waals surface area contributed by atoms with E-state index in [2.05, 4.69) is 26.3 Å². The molecule has 8 heteroatoms. The Balaban J connectivity index is 1.25. The topological polar surface area (TPSA) is 76.4 Å². The van der Waals surface area contributed by atoms with Crippen LogP contribution in [0.2, 0.25) is 0 Å². The van der Waals surface area contributed by atoms with Crippen LogP contribution in [0.15, 0.2) is 12.3 Å². The molecule has 8 nitrogen and oxygen atoms in total. The first kappa shape index (κ1) is 16.5. The van der Waals surface area contributed by atoms with Crippen molar-refractivity contribution in [2.45, 2.75) is 44.7 Å². The lowest BCUT2D eigenvalue weighted by atomic mass is 9.96. The van der Waals surface area contributed by atoms with E-state index >= 15 is 0 Å². The van der Waals surface area contributed by atoms with Gasteiger partial charge in [0.25, 0.3) is 5.91 Å². The van der Waals surface area contributed by atoms with Crippen LogP contribution in [0.25, 0.3) is 0 Å². The van der Waals surface area contributed by atoms with Crippen LogP contribution < -0.4 is 9.64 Å². The van der Waals surface area contributed by atoms with Gasteiger partial charge in [-0.25, -0.2) is 4.68 Å². The fraction of sp³-hybridized carbons (Fsp3) is 0.579. The van der Waals surface area contributed by atoms with Gasteiger partial charge in [-0.3, -0.25) is 4.79 Å². The van der Waals surface area contributed by atoms with Crippen LogP contribution in [0.3, 0.4) is 0 Å². The third-order valence-electron chi connectivity index (χ3n) is 5.89. The summed E-state index contributed by atoms with van der Waals surface area (Å²) in [7, 11) is 1.86. The number of carbonyl (C=O) groups excluding carboxylic acids is 1. The average Bonchev–Trinajstić information content (AvgIpc) is 3.10. The number of anilines is 1. The molecule has 142 valence electrons. The van der Waals surface area contributed by atoms with Crippen LogP contribution in [0, 0.1) is 0 Å². The van der Waals surface area contributed by atoms with Crippen LogP contribution in [-0.4, -0.2) is 63.6 Å². The van der Waals surface area contributed by atoms with Gasteiger partial charge in [0, 0.05) is 33.1 Å². The number of amides is 1. The van der Waals surface area contributed by atoms with Gasteiger partial charge < -0.3 is 14.5 Å². The first-order valence-corrected chi connectivity index (χ1v) is 9.77. The summed E-state index contributed by atoms with van der Waals surface area (Å²) < 4.78 is 7.44. The third kappa shape index (κ3) is 2.83. The molecule has 1 fully saturated rings. The fourth-order valence-corrected chi connectivity index (χ4v) is 4.09. The summed E-state index contributed by atoms with van der Waals surface area (Å²) in [6, 6.07) is 2.34. The van der Waals surface area contributed by atoms with Gasteiger partial charge in [-0.2, -0.15) is 10.2 Å². The molecule has 0 N–H and O–H groups in total. The highest BCUT2D eigenvalue weighted by atomic mass is 16.5. The van der Waals surface area contributed by atoms with Crippen LogP contribution in [0.1, 0.15) is 40.9 Å². The molecule has 2 aromatic rings. The molecule has 5 rings (SSSR count). The monoisotopic (exact) mass is 368 g/mol. The standard InChI is InChI=1S/C19H24N6O2/c1-23(18(26)15-10-20-25-7-4-8-27-19(15)25)14-11-24(12-14)17-9-13-5-2-3-6-16(13)21-22-17/h9-10,14H,2-8,11-12H2,1H3. The summed E-state index contributed by atoms with van der Waals surface area (Å²) in [5.74, 6) is 1.51. The molecule has 1 amide bonds. The minimum absolute atomic E-state index is 0.0284. The molecule has 3 aliphatic rings. The number of nitrogens with zero attached hydrogens (tertiary/aromatic N) is 6. The second kappa shape index (κ2) is 6.51. The lowest BCUT2D eigenvalue weighted by molar-refractivity contribution is 0.0698. The Hall–Kier alpha value is -2.64. The molecule has 0 saturated carbocycles. The van der Waals surface area contributed by atoms with E-state index in [4.69, 9.17) is 4.74 Å². The van der Waals surface area contributed by atoms with Gasteiger partial charge in [0.2, 0.25) is 5.88 Å². The Kier molecular flexibility index (Phi) is 3.98. The Morgan fingerprint density at radius 1 is 1.22 bits per heavy atom. The van der Waals surface area contributed by atoms with Crippen molar-refractivity contribution < 1.29 is 9.53 Å². The number of fused-ring (bicyclic) bond motifs is 2. The van der Waals surface area contributed by atoms with Crippen molar-refractivity contribution in [3.05, 3.63) is 29.1 Å². The maximum atomic E-state index is 12.9. The predicted molar refractivity (Wildman–Crippen MR) is 99.1 cm³/mol. The zero-order valence-corrected chi connectivity index (χ0v) is 15.6. The van der Waals surface area contributed by atoms with Gasteiger partial charge in [0.15, 0.2) is 5.82 Å². The maximum Gasteiger partial charge on any atom is 0.261 e. The largest absolute Gasteiger partial charge is 0.477 e. The van der Waals surface area contributed by atoms with Crippen molar-refractivity contribution in [2.75, 3.05) is 31.6 Å². The highest BCUT2D eigenvalue weighted by Gasteiger charge is 2.36. The normalized spacial score (nSPS) is 18.9. The lowest BCUT2D eigenvalue weighted by Crippen LogP contribution is -2.60. The number of hydrogen-bond donors (Lipinski definition) is 0. The molecule has 27 heavy (non-hydrogen) atoms. The van der Waals surface area contributed by atoms with Crippen LogP contribution in [0.5, 0.6) is 5.88 Å². The molecular weight excluding hydrogens is 344 g/mol. The molecule has 0 atom stereocenters. The SMILES string of the molecule is CN(C(=O)c1cnn2c1OCCC2)C1CN(c2cc3c(nn2)CCCC3)C1. The van der Waals surface area contributed by atoms with E-state index in [1.165, 1.54) is 18.4 Å². The molecular formula is C19H24N6O2. The van der Waals surface area contributed by atoms with Gasteiger partial charge >= 0.3 is 0 Å². The van der Waals surface area contributed by atoms with Gasteiger partial charge in [0.05, 0.1) is 24.5 Å². The Morgan fingerprint density at radius 2 is 2.07 bits per heavy atom. The van der Waals surface area contributed by atoms with Crippen LogP contribution >= 0.6 is 0 Å².